The van der Waals surface area contributed by atoms with E-state index in [1.165, 1.54) is 0 Å². The summed E-state index contributed by atoms with van der Waals surface area (Å²) in [6.45, 7) is 3.49. The molecule has 1 N–H and O–H groups in total. The van der Waals surface area contributed by atoms with Crippen LogP contribution in [0.15, 0.2) is 0 Å². The van der Waals surface area contributed by atoms with Gasteiger partial charge in [0.15, 0.2) is 0 Å². The highest BCUT2D eigenvalue weighted by Gasteiger charge is 2.51. The monoisotopic (exact) mass is 284 g/mol. The molecule has 1 rings (SSSR count). The molecule has 1 aliphatic rings. The molecule has 0 saturated carbocycles. The van der Waals surface area contributed by atoms with Gasteiger partial charge in [0.1, 0.15) is 0 Å². The Morgan fingerprint density at radius 2 is 1.95 bits per heavy atom. The van der Waals surface area contributed by atoms with Gasteiger partial charge in [-0.05, 0) is 38.3 Å². The fraction of sp³-hybridized carbons (Fsp3) is 0.917. The maximum atomic E-state index is 13.1. The molecular weight excluding hydrogens is 264 g/mol. The highest BCUT2D eigenvalue weighted by Crippen LogP contribution is 2.26. The van der Waals surface area contributed by atoms with E-state index < -0.39 is 18.3 Å². The highest BCUT2D eigenvalue weighted by molar-refractivity contribution is 5.84. The van der Waals surface area contributed by atoms with Crippen LogP contribution in [-0.4, -0.2) is 49.3 Å². The predicted octanol–water partition coefficient (Wildman–Crippen LogP) is 2.12. The summed E-state index contributed by atoms with van der Waals surface area (Å²) < 4.78 is 50.7. The van der Waals surface area contributed by atoms with Gasteiger partial charge in [-0.2, -0.15) is 8.78 Å². The van der Waals surface area contributed by atoms with Crippen molar-refractivity contribution in [2.75, 3.05) is 26.2 Å². The molecule has 0 radical (unpaired) electrons. The first kappa shape index (κ1) is 16.2. The van der Waals surface area contributed by atoms with E-state index in [1.54, 1.807) is 6.92 Å². The van der Waals surface area contributed by atoms with E-state index in [4.69, 9.17) is 0 Å². The zero-order chi connectivity index (χ0) is 14.5. The Bertz CT molecular complexity index is 293. The second-order valence-electron chi connectivity index (χ2n) is 4.87. The third kappa shape index (κ3) is 4.33. The lowest BCUT2D eigenvalue weighted by Crippen LogP contribution is -2.50. The molecule has 112 valence electrons. The number of piperidine rings is 1. The molecule has 1 aliphatic heterocycles. The van der Waals surface area contributed by atoms with Crippen molar-refractivity contribution in [3.63, 3.8) is 0 Å². The Labute approximate surface area is 110 Å². The minimum absolute atomic E-state index is 0.0884. The summed E-state index contributed by atoms with van der Waals surface area (Å²) in [5.41, 5.74) is 0. The smallest absolute Gasteiger partial charge is 0.337 e. The maximum absolute atomic E-state index is 13.1. The standard InChI is InChI=1S/C12H20F4N2O/c1-2-7-18(8-9-3-5-17-6-4-9)11(19)12(15,16)10(13)14/h9-10,17H,2-8H2,1H3. The average Bonchev–Trinajstić information content (AvgIpc) is 2.38. The van der Waals surface area contributed by atoms with Crippen molar-refractivity contribution in [3.05, 3.63) is 0 Å². The summed E-state index contributed by atoms with van der Waals surface area (Å²) >= 11 is 0. The molecule has 7 heteroatoms. The SMILES string of the molecule is CCCN(CC1CCNCC1)C(=O)C(F)(F)C(F)F. The highest BCUT2D eigenvalue weighted by atomic mass is 19.3. The Balaban J connectivity index is 2.67. The average molecular weight is 284 g/mol. The van der Waals surface area contributed by atoms with Crippen molar-refractivity contribution in [1.82, 2.24) is 10.2 Å². The lowest BCUT2D eigenvalue weighted by molar-refractivity contribution is -0.181. The van der Waals surface area contributed by atoms with E-state index >= 15 is 0 Å². The van der Waals surface area contributed by atoms with Crippen LogP contribution in [0.4, 0.5) is 17.6 Å². The first-order valence-electron chi connectivity index (χ1n) is 6.55. The normalized spacial score (nSPS) is 17.8. The number of rotatable bonds is 6. The number of halogens is 4. The van der Waals surface area contributed by atoms with Crippen LogP contribution in [0.2, 0.25) is 0 Å². The largest absolute Gasteiger partial charge is 0.383 e. The van der Waals surface area contributed by atoms with Gasteiger partial charge < -0.3 is 10.2 Å². The van der Waals surface area contributed by atoms with Gasteiger partial charge in [0.25, 0.3) is 5.91 Å². The summed E-state index contributed by atoms with van der Waals surface area (Å²) in [5, 5.41) is 3.13. The number of carbonyl (C=O) groups is 1. The van der Waals surface area contributed by atoms with Crippen LogP contribution in [0.5, 0.6) is 0 Å². The molecule has 0 aromatic carbocycles. The van der Waals surface area contributed by atoms with Gasteiger partial charge in [0.05, 0.1) is 0 Å². The Hall–Kier alpha value is -0.850. The fourth-order valence-corrected chi connectivity index (χ4v) is 2.23. The molecule has 0 atom stereocenters. The molecule has 1 amide bonds. The third-order valence-electron chi connectivity index (χ3n) is 3.28. The molecular formula is C12H20F4N2O. The number of nitrogens with zero attached hydrogens (tertiary/aromatic N) is 1. The lowest BCUT2D eigenvalue weighted by Gasteiger charge is -2.31. The number of hydrogen-bond acceptors (Lipinski definition) is 2. The van der Waals surface area contributed by atoms with Crippen LogP contribution in [0.1, 0.15) is 26.2 Å². The summed E-state index contributed by atoms with van der Waals surface area (Å²) in [6.07, 6.45) is -1.94. The van der Waals surface area contributed by atoms with Gasteiger partial charge in [-0.3, -0.25) is 4.79 Å². The molecule has 19 heavy (non-hydrogen) atoms. The molecule has 0 unspecified atom stereocenters. The molecule has 1 saturated heterocycles. The molecule has 3 nitrogen and oxygen atoms in total. The van der Waals surface area contributed by atoms with Crippen molar-refractivity contribution in [3.8, 4) is 0 Å². The van der Waals surface area contributed by atoms with Crippen molar-refractivity contribution in [2.24, 2.45) is 5.92 Å². The number of amides is 1. The van der Waals surface area contributed by atoms with E-state index in [1.807, 2.05) is 0 Å². The minimum atomic E-state index is -4.58. The van der Waals surface area contributed by atoms with Crippen LogP contribution >= 0.6 is 0 Å². The topological polar surface area (TPSA) is 32.3 Å². The molecule has 0 aliphatic carbocycles. The zero-order valence-corrected chi connectivity index (χ0v) is 11.0. The second kappa shape index (κ2) is 7.07. The Kier molecular flexibility index (Phi) is 6.03. The van der Waals surface area contributed by atoms with Crippen molar-refractivity contribution in [1.29, 1.82) is 0 Å². The number of nitrogens with one attached hydrogen (secondary N) is 1. The predicted molar refractivity (Wildman–Crippen MR) is 63.4 cm³/mol. The van der Waals surface area contributed by atoms with Gasteiger partial charge in [0.2, 0.25) is 0 Å². The lowest BCUT2D eigenvalue weighted by atomic mass is 9.97. The minimum Gasteiger partial charge on any atom is -0.337 e. The van der Waals surface area contributed by atoms with Gasteiger partial charge in [-0.1, -0.05) is 6.92 Å². The van der Waals surface area contributed by atoms with E-state index in [0.717, 1.165) is 30.8 Å². The van der Waals surface area contributed by atoms with Crippen LogP contribution in [-0.2, 0) is 4.79 Å². The molecule has 1 heterocycles. The van der Waals surface area contributed by atoms with E-state index in [2.05, 4.69) is 5.32 Å². The quantitative estimate of drug-likeness (QED) is 0.758. The van der Waals surface area contributed by atoms with Gasteiger partial charge in [-0.25, -0.2) is 8.78 Å². The Morgan fingerprint density at radius 3 is 2.42 bits per heavy atom. The first-order valence-corrected chi connectivity index (χ1v) is 6.55. The van der Waals surface area contributed by atoms with E-state index in [-0.39, 0.29) is 19.0 Å². The van der Waals surface area contributed by atoms with Crippen LogP contribution in [0.25, 0.3) is 0 Å². The van der Waals surface area contributed by atoms with Crippen molar-refractivity contribution >= 4 is 5.91 Å². The number of carbonyl (C=O) groups excluding carboxylic acids is 1. The number of alkyl halides is 4. The second-order valence-corrected chi connectivity index (χ2v) is 4.87. The first-order chi connectivity index (χ1) is 8.89. The summed E-state index contributed by atoms with van der Waals surface area (Å²) in [5.74, 6) is -6.23. The third-order valence-corrected chi connectivity index (χ3v) is 3.28. The summed E-state index contributed by atoms with van der Waals surface area (Å²) in [7, 11) is 0. The summed E-state index contributed by atoms with van der Waals surface area (Å²) in [6, 6.07) is 0. The van der Waals surface area contributed by atoms with Crippen LogP contribution in [0.3, 0.4) is 0 Å². The van der Waals surface area contributed by atoms with Crippen molar-refractivity contribution < 1.29 is 22.4 Å². The van der Waals surface area contributed by atoms with Crippen molar-refractivity contribution in [2.45, 2.75) is 38.5 Å². The molecule has 1 fully saturated rings. The van der Waals surface area contributed by atoms with Gasteiger partial charge >= 0.3 is 12.3 Å². The Morgan fingerprint density at radius 1 is 1.37 bits per heavy atom. The molecule has 0 bridgehead atoms. The molecule has 0 aromatic heterocycles. The van der Waals surface area contributed by atoms with Crippen LogP contribution < -0.4 is 5.32 Å². The summed E-state index contributed by atoms with van der Waals surface area (Å²) in [4.78, 5) is 12.4. The van der Waals surface area contributed by atoms with Gasteiger partial charge in [0, 0.05) is 13.1 Å². The van der Waals surface area contributed by atoms with Gasteiger partial charge in [-0.15, -0.1) is 0 Å². The van der Waals surface area contributed by atoms with E-state index in [9.17, 15) is 22.4 Å². The molecule has 0 aromatic rings. The number of hydrogen-bond donors (Lipinski definition) is 1. The van der Waals surface area contributed by atoms with Crippen LogP contribution in [0, 0.1) is 5.92 Å². The fourth-order valence-electron chi connectivity index (χ4n) is 2.23. The molecule has 0 spiro atoms. The maximum Gasteiger partial charge on any atom is 0.383 e. The zero-order valence-electron chi connectivity index (χ0n) is 11.0. The van der Waals surface area contributed by atoms with E-state index in [0.29, 0.717) is 6.42 Å².